The van der Waals surface area contributed by atoms with E-state index < -0.39 is 0 Å². The van der Waals surface area contributed by atoms with Crippen molar-refractivity contribution in [1.82, 2.24) is 9.88 Å². The van der Waals surface area contributed by atoms with E-state index in [0.717, 1.165) is 36.3 Å². The second kappa shape index (κ2) is 6.54. The lowest BCUT2D eigenvalue weighted by Gasteiger charge is -2.29. The summed E-state index contributed by atoms with van der Waals surface area (Å²) in [4.78, 5) is 30.4. The number of hydrogen-bond donors (Lipinski definition) is 1. The second-order valence-electron chi connectivity index (χ2n) is 7.10. The number of pyridine rings is 1. The molecule has 4 nitrogen and oxygen atoms in total. The maximum atomic E-state index is 13.1. The maximum absolute atomic E-state index is 13.1. The summed E-state index contributed by atoms with van der Waals surface area (Å²) in [5.41, 5.74) is 5.81. The minimum absolute atomic E-state index is 0.0261. The van der Waals surface area contributed by atoms with Gasteiger partial charge in [-0.3, -0.25) is 14.5 Å². The standard InChI is InChI=1S/C22H22N2O2/c1-14-20(13-24-10-9-16-5-3-4-6-18(16)12-24)22(26)19-11-17(15(2)25)7-8-21(19)23-14/h3-8,11H,9-10,12-13H2,1-2H3,(H,23,26). The number of aromatic amines is 1. The van der Waals surface area contributed by atoms with Gasteiger partial charge in [0.1, 0.15) is 0 Å². The Balaban J connectivity index is 1.70. The van der Waals surface area contributed by atoms with Crippen LogP contribution in [0.15, 0.2) is 47.3 Å². The zero-order valence-electron chi connectivity index (χ0n) is 15.1. The second-order valence-corrected chi connectivity index (χ2v) is 7.10. The Bertz CT molecular complexity index is 1070. The Morgan fingerprint density at radius 2 is 1.92 bits per heavy atom. The van der Waals surface area contributed by atoms with Crippen molar-refractivity contribution < 1.29 is 4.79 Å². The summed E-state index contributed by atoms with van der Waals surface area (Å²) < 4.78 is 0. The highest BCUT2D eigenvalue weighted by Gasteiger charge is 2.19. The van der Waals surface area contributed by atoms with Gasteiger partial charge in [-0.1, -0.05) is 24.3 Å². The van der Waals surface area contributed by atoms with Crippen LogP contribution in [-0.4, -0.2) is 22.2 Å². The highest BCUT2D eigenvalue weighted by molar-refractivity contribution is 5.97. The number of fused-ring (bicyclic) bond motifs is 2. The highest BCUT2D eigenvalue weighted by Crippen LogP contribution is 2.21. The van der Waals surface area contributed by atoms with Crippen LogP contribution < -0.4 is 5.43 Å². The number of aromatic nitrogens is 1. The molecule has 3 aromatic rings. The van der Waals surface area contributed by atoms with E-state index in [1.807, 2.05) is 13.0 Å². The first-order valence-corrected chi connectivity index (χ1v) is 8.98. The zero-order valence-corrected chi connectivity index (χ0v) is 15.1. The molecule has 1 aromatic heterocycles. The van der Waals surface area contributed by atoms with Crippen LogP contribution in [0, 0.1) is 6.92 Å². The highest BCUT2D eigenvalue weighted by atomic mass is 16.1. The zero-order chi connectivity index (χ0) is 18.3. The van der Waals surface area contributed by atoms with Crippen molar-refractivity contribution in [2.45, 2.75) is 33.4 Å². The third-order valence-electron chi connectivity index (χ3n) is 5.31. The van der Waals surface area contributed by atoms with Gasteiger partial charge in [-0.25, -0.2) is 0 Å². The summed E-state index contributed by atoms with van der Waals surface area (Å²) in [5, 5.41) is 0.593. The molecular formula is C22H22N2O2. The van der Waals surface area contributed by atoms with Gasteiger partial charge in [0, 0.05) is 47.4 Å². The van der Waals surface area contributed by atoms with Crippen molar-refractivity contribution in [1.29, 1.82) is 0 Å². The van der Waals surface area contributed by atoms with Gasteiger partial charge in [0.15, 0.2) is 11.2 Å². The molecule has 0 aliphatic carbocycles. The average Bonchev–Trinajstić information content (AvgIpc) is 2.64. The van der Waals surface area contributed by atoms with Crippen LogP contribution >= 0.6 is 0 Å². The molecule has 132 valence electrons. The minimum atomic E-state index is -0.0268. The third kappa shape index (κ3) is 2.97. The largest absolute Gasteiger partial charge is 0.358 e. The lowest BCUT2D eigenvalue weighted by molar-refractivity contribution is 0.101. The van der Waals surface area contributed by atoms with Crippen LogP contribution in [-0.2, 0) is 19.5 Å². The quantitative estimate of drug-likeness (QED) is 0.737. The summed E-state index contributed by atoms with van der Waals surface area (Å²) in [6.07, 6.45) is 1.01. The van der Waals surface area contributed by atoms with Crippen molar-refractivity contribution in [2.75, 3.05) is 6.54 Å². The molecule has 4 heteroatoms. The van der Waals surface area contributed by atoms with E-state index in [2.05, 4.69) is 34.1 Å². The Hall–Kier alpha value is -2.72. The number of hydrogen-bond acceptors (Lipinski definition) is 3. The molecule has 0 spiro atoms. The van der Waals surface area contributed by atoms with Crippen LogP contribution in [0.3, 0.4) is 0 Å². The monoisotopic (exact) mass is 346 g/mol. The number of nitrogens with one attached hydrogen (secondary N) is 1. The normalized spacial score (nSPS) is 14.4. The number of benzene rings is 2. The van der Waals surface area contributed by atoms with E-state index in [4.69, 9.17) is 0 Å². The molecule has 1 aliphatic heterocycles. The van der Waals surface area contributed by atoms with Gasteiger partial charge in [0.05, 0.1) is 0 Å². The van der Waals surface area contributed by atoms with Crippen LogP contribution in [0.4, 0.5) is 0 Å². The van der Waals surface area contributed by atoms with Crippen molar-refractivity contribution >= 4 is 16.7 Å². The first-order chi connectivity index (χ1) is 12.5. The molecule has 0 unspecified atom stereocenters. The third-order valence-corrected chi connectivity index (χ3v) is 5.31. The molecule has 0 fully saturated rings. The van der Waals surface area contributed by atoms with E-state index in [0.29, 0.717) is 17.5 Å². The predicted octanol–water partition coefficient (Wildman–Crippen LogP) is 3.60. The topological polar surface area (TPSA) is 53.2 Å². The van der Waals surface area contributed by atoms with E-state index in [9.17, 15) is 9.59 Å². The number of carbonyl (C=O) groups is 1. The van der Waals surface area contributed by atoms with E-state index in [-0.39, 0.29) is 11.2 Å². The first-order valence-electron chi connectivity index (χ1n) is 8.98. The van der Waals surface area contributed by atoms with Crippen molar-refractivity contribution in [2.24, 2.45) is 0 Å². The lowest BCUT2D eigenvalue weighted by Crippen LogP contribution is -2.32. The molecule has 4 rings (SSSR count). The van der Waals surface area contributed by atoms with E-state index in [1.54, 1.807) is 12.1 Å². The Morgan fingerprint density at radius 3 is 2.69 bits per heavy atom. The lowest BCUT2D eigenvalue weighted by atomic mass is 9.99. The average molecular weight is 346 g/mol. The molecule has 0 saturated carbocycles. The van der Waals surface area contributed by atoms with Gasteiger partial charge in [0.25, 0.3) is 0 Å². The molecule has 26 heavy (non-hydrogen) atoms. The Kier molecular flexibility index (Phi) is 4.21. The number of carbonyl (C=O) groups excluding carboxylic acids is 1. The molecule has 2 aromatic carbocycles. The number of nitrogens with zero attached hydrogens (tertiary/aromatic N) is 1. The number of ketones is 1. The number of aryl methyl sites for hydroxylation is 1. The molecule has 0 saturated heterocycles. The summed E-state index contributed by atoms with van der Waals surface area (Å²) in [6, 6.07) is 13.8. The molecule has 1 N–H and O–H groups in total. The molecule has 2 heterocycles. The Labute approximate surface area is 152 Å². The SMILES string of the molecule is CC(=O)c1ccc2[nH]c(C)c(CN3CCc4ccccc4C3)c(=O)c2c1. The van der Waals surface area contributed by atoms with E-state index in [1.165, 1.54) is 18.1 Å². The fraction of sp³-hybridized carbons (Fsp3) is 0.273. The molecular weight excluding hydrogens is 324 g/mol. The van der Waals surface area contributed by atoms with Crippen LogP contribution in [0.5, 0.6) is 0 Å². The minimum Gasteiger partial charge on any atom is -0.358 e. The summed E-state index contributed by atoms with van der Waals surface area (Å²) in [6.45, 7) is 5.90. The Morgan fingerprint density at radius 1 is 1.15 bits per heavy atom. The van der Waals surface area contributed by atoms with E-state index >= 15 is 0 Å². The summed E-state index contributed by atoms with van der Waals surface area (Å²) in [5.74, 6) is -0.0268. The fourth-order valence-electron chi connectivity index (χ4n) is 3.77. The van der Waals surface area contributed by atoms with Gasteiger partial charge in [-0.15, -0.1) is 0 Å². The van der Waals surface area contributed by atoms with Gasteiger partial charge in [-0.05, 0) is 49.6 Å². The van der Waals surface area contributed by atoms with Crippen molar-refractivity contribution in [3.8, 4) is 0 Å². The number of Topliss-reactive ketones (excluding diaryl/α,β-unsaturated/α-hetero) is 1. The van der Waals surface area contributed by atoms with Crippen LogP contribution in [0.25, 0.3) is 10.9 Å². The smallest absolute Gasteiger partial charge is 0.194 e. The van der Waals surface area contributed by atoms with Crippen molar-refractivity contribution in [3.05, 3.63) is 80.6 Å². The molecule has 0 radical (unpaired) electrons. The number of H-pyrrole nitrogens is 1. The summed E-state index contributed by atoms with van der Waals surface area (Å²) >= 11 is 0. The fourth-order valence-corrected chi connectivity index (χ4v) is 3.77. The predicted molar refractivity (Wildman–Crippen MR) is 104 cm³/mol. The van der Waals surface area contributed by atoms with Crippen LogP contribution in [0.2, 0.25) is 0 Å². The van der Waals surface area contributed by atoms with Crippen LogP contribution in [0.1, 0.15) is 39.7 Å². The van der Waals surface area contributed by atoms with Crippen molar-refractivity contribution in [3.63, 3.8) is 0 Å². The first kappa shape index (κ1) is 16.7. The molecule has 1 aliphatic rings. The number of rotatable bonds is 3. The van der Waals surface area contributed by atoms with Gasteiger partial charge in [0.2, 0.25) is 0 Å². The molecule has 0 bridgehead atoms. The molecule has 0 amide bonds. The van der Waals surface area contributed by atoms with Gasteiger partial charge in [-0.2, -0.15) is 0 Å². The maximum Gasteiger partial charge on any atom is 0.194 e. The molecule has 0 atom stereocenters. The van der Waals surface area contributed by atoms with Gasteiger partial charge < -0.3 is 4.98 Å². The summed E-state index contributed by atoms with van der Waals surface area (Å²) in [7, 11) is 0. The van der Waals surface area contributed by atoms with Gasteiger partial charge >= 0.3 is 0 Å².